The first-order valence-electron chi connectivity index (χ1n) is 6.04. The highest BCUT2D eigenvalue weighted by atomic mass is 32.2. The Balaban J connectivity index is 1.98. The van der Waals surface area contributed by atoms with Gasteiger partial charge in [-0.05, 0) is 13.0 Å². The summed E-state index contributed by atoms with van der Waals surface area (Å²) in [5.74, 6) is -0.310. The predicted molar refractivity (Wildman–Crippen MR) is 76.5 cm³/mol. The van der Waals surface area contributed by atoms with E-state index < -0.39 is 0 Å². The third kappa shape index (κ3) is 2.20. The number of ether oxygens (including phenoxy) is 1. The molecule has 0 bridgehead atoms. The molecule has 3 aromatic rings. The van der Waals surface area contributed by atoms with Gasteiger partial charge in [0.05, 0.1) is 7.11 Å². The highest BCUT2D eigenvalue weighted by Gasteiger charge is 2.17. The lowest BCUT2D eigenvalue weighted by atomic mass is 10.2. The van der Waals surface area contributed by atoms with Crippen LogP contribution in [0.2, 0.25) is 0 Å². The minimum absolute atomic E-state index is 0.310. The summed E-state index contributed by atoms with van der Waals surface area (Å²) in [5, 5.41) is 9.31. The average molecular weight is 288 g/mol. The van der Waals surface area contributed by atoms with Crippen LogP contribution >= 0.6 is 11.8 Å². The van der Waals surface area contributed by atoms with E-state index in [4.69, 9.17) is 0 Å². The molecule has 102 valence electrons. The van der Waals surface area contributed by atoms with Gasteiger partial charge in [-0.3, -0.25) is 4.79 Å². The molecule has 1 N–H and O–H groups in total. The molecule has 0 unspecified atom stereocenters. The van der Waals surface area contributed by atoms with Gasteiger partial charge in [0.2, 0.25) is 5.16 Å². The van der Waals surface area contributed by atoms with Crippen LogP contribution in [0.3, 0.4) is 0 Å². The number of thioether (sulfide) groups is 1. The molecule has 0 fully saturated rings. The first kappa shape index (κ1) is 12.9. The average Bonchev–Trinajstić information content (AvgIpc) is 2.83. The molecule has 2 heterocycles. The number of nitrogens with one attached hydrogen (secondary N) is 1. The molecule has 0 spiro atoms. The van der Waals surface area contributed by atoms with Gasteiger partial charge in [0.1, 0.15) is 10.8 Å². The molecule has 1 aromatic carbocycles. The number of hydrogen-bond acceptors (Lipinski definition) is 6. The van der Waals surface area contributed by atoms with Crippen molar-refractivity contribution in [1.82, 2.24) is 20.2 Å². The van der Waals surface area contributed by atoms with Crippen LogP contribution in [0.5, 0.6) is 0 Å². The van der Waals surface area contributed by atoms with Crippen molar-refractivity contribution >= 4 is 39.8 Å². The van der Waals surface area contributed by atoms with Crippen molar-refractivity contribution < 1.29 is 9.53 Å². The summed E-state index contributed by atoms with van der Waals surface area (Å²) in [6.07, 6.45) is 0. The summed E-state index contributed by atoms with van der Waals surface area (Å²) in [7, 11) is 1.36. The molecular formula is C13H12N4O2S. The zero-order chi connectivity index (χ0) is 14.1. The molecule has 1 atom stereocenters. The van der Waals surface area contributed by atoms with Gasteiger partial charge in [-0.1, -0.05) is 30.0 Å². The number of carbonyl (C=O) groups is 1. The highest BCUT2D eigenvalue weighted by Crippen LogP contribution is 2.25. The zero-order valence-electron chi connectivity index (χ0n) is 11.0. The quantitative estimate of drug-likeness (QED) is 0.587. The Morgan fingerprint density at radius 2 is 2.15 bits per heavy atom. The fourth-order valence-electron chi connectivity index (χ4n) is 1.93. The third-order valence-electron chi connectivity index (χ3n) is 2.92. The molecule has 0 aliphatic rings. The first-order chi connectivity index (χ1) is 9.69. The highest BCUT2D eigenvalue weighted by molar-refractivity contribution is 8.00. The van der Waals surface area contributed by atoms with Crippen LogP contribution in [-0.2, 0) is 9.53 Å². The summed E-state index contributed by atoms with van der Waals surface area (Å²) in [6.45, 7) is 1.75. The Morgan fingerprint density at radius 1 is 1.35 bits per heavy atom. The Hall–Kier alpha value is -2.15. The molecule has 0 saturated carbocycles. The van der Waals surface area contributed by atoms with Gasteiger partial charge in [-0.25, -0.2) is 4.98 Å². The van der Waals surface area contributed by atoms with Crippen LogP contribution in [0.15, 0.2) is 29.4 Å². The van der Waals surface area contributed by atoms with Crippen LogP contribution in [-0.4, -0.2) is 38.5 Å². The number of benzene rings is 1. The summed E-state index contributed by atoms with van der Waals surface area (Å²) in [5.41, 5.74) is 2.36. The van der Waals surface area contributed by atoms with Gasteiger partial charge in [-0.2, -0.15) is 0 Å². The van der Waals surface area contributed by atoms with Crippen LogP contribution in [0.1, 0.15) is 6.92 Å². The maximum atomic E-state index is 11.4. The lowest BCUT2D eigenvalue weighted by Gasteiger charge is -2.06. The second-order valence-corrected chi connectivity index (χ2v) is 5.55. The van der Waals surface area contributed by atoms with Gasteiger partial charge in [0.15, 0.2) is 5.65 Å². The monoisotopic (exact) mass is 288 g/mol. The van der Waals surface area contributed by atoms with Crippen molar-refractivity contribution in [3.05, 3.63) is 24.3 Å². The van der Waals surface area contributed by atoms with Crippen molar-refractivity contribution in [2.45, 2.75) is 17.3 Å². The van der Waals surface area contributed by atoms with Crippen LogP contribution in [0.25, 0.3) is 22.1 Å². The topological polar surface area (TPSA) is 80.8 Å². The van der Waals surface area contributed by atoms with Gasteiger partial charge >= 0.3 is 5.97 Å². The van der Waals surface area contributed by atoms with Crippen LogP contribution in [0.4, 0.5) is 0 Å². The maximum Gasteiger partial charge on any atom is 0.318 e. The van der Waals surface area contributed by atoms with E-state index in [1.165, 1.54) is 18.9 Å². The zero-order valence-corrected chi connectivity index (χ0v) is 11.8. The second-order valence-electron chi connectivity index (χ2n) is 4.25. The lowest BCUT2D eigenvalue weighted by Crippen LogP contribution is -2.15. The van der Waals surface area contributed by atoms with Crippen LogP contribution < -0.4 is 0 Å². The number of nitrogens with zero attached hydrogens (tertiary/aromatic N) is 3. The summed E-state index contributed by atoms with van der Waals surface area (Å²) in [6, 6.07) is 7.82. The fourth-order valence-corrected chi connectivity index (χ4v) is 2.67. The first-order valence-corrected chi connectivity index (χ1v) is 6.92. The number of esters is 1. The number of para-hydroxylation sites is 1. The van der Waals surface area contributed by atoms with Crippen molar-refractivity contribution in [3.63, 3.8) is 0 Å². The smallest absolute Gasteiger partial charge is 0.318 e. The Labute approximate surface area is 118 Å². The summed E-state index contributed by atoms with van der Waals surface area (Å²) < 4.78 is 4.68. The molecule has 3 rings (SSSR count). The predicted octanol–water partition coefficient (Wildman–Crippen LogP) is 2.16. The van der Waals surface area contributed by atoms with Gasteiger partial charge in [0.25, 0.3) is 0 Å². The number of aromatic nitrogens is 4. The molecule has 0 aliphatic carbocycles. The van der Waals surface area contributed by atoms with Gasteiger partial charge in [-0.15, -0.1) is 10.2 Å². The van der Waals surface area contributed by atoms with Crippen LogP contribution in [0, 0.1) is 0 Å². The van der Waals surface area contributed by atoms with E-state index in [9.17, 15) is 4.79 Å². The summed E-state index contributed by atoms with van der Waals surface area (Å²) in [4.78, 5) is 19.0. The Bertz CT molecular complexity index is 786. The van der Waals surface area contributed by atoms with E-state index in [1.807, 2.05) is 24.3 Å². The van der Waals surface area contributed by atoms with E-state index in [1.54, 1.807) is 6.92 Å². The molecule has 2 aromatic heterocycles. The van der Waals surface area contributed by atoms with Gasteiger partial charge in [0, 0.05) is 10.9 Å². The molecule has 0 radical (unpaired) electrons. The minimum Gasteiger partial charge on any atom is -0.468 e. The normalized spacial score (nSPS) is 12.7. The van der Waals surface area contributed by atoms with E-state index >= 15 is 0 Å². The van der Waals surface area contributed by atoms with Crippen molar-refractivity contribution in [2.75, 3.05) is 7.11 Å². The number of H-pyrrole nitrogens is 1. The molecule has 7 heteroatoms. The molecule has 20 heavy (non-hydrogen) atoms. The van der Waals surface area contributed by atoms with Crippen molar-refractivity contribution in [3.8, 4) is 0 Å². The van der Waals surface area contributed by atoms with E-state index in [0.717, 1.165) is 16.4 Å². The Morgan fingerprint density at radius 3 is 2.95 bits per heavy atom. The molecule has 6 nitrogen and oxygen atoms in total. The second kappa shape index (κ2) is 5.09. The minimum atomic E-state index is -0.372. The third-order valence-corrected chi connectivity index (χ3v) is 3.85. The number of aromatic amines is 1. The van der Waals surface area contributed by atoms with E-state index in [-0.39, 0.29) is 11.2 Å². The maximum absolute atomic E-state index is 11.4. The number of rotatable bonds is 3. The standard InChI is InChI=1S/C13H12N4O2S/c1-7(12(18)19-2)20-13-15-11-10(16-17-13)8-5-3-4-6-9(8)14-11/h3-7H,1-2H3,(H,14,15,17)/t7-/m1/s1. The molecular weight excluding hydrogens is 276 g/mol. The molecule has 0 saturated heterocycles. The van der Waals surface area contributed by atoms with Gasteiger partial charge < -0.3 is 9.72 Å². The lowest BCUT2D eigenvalue weighted by molar-refractivity contribution is -0.139. The Kier molecular flexibility index (Phi) is 3.27. The number of hydrogen-bond donors (Lipinski definition) is 1. The van der Waals surface area contributed by atoms with E-state index in [2.05, 4.69) is 24.9 Å². The van der Waals surface area contributed by atoms with Crippen molar-refractivity contribution in [2.24, 2.45) is 0 Å². The van der Waals surface area contributed by atoms with E-state index in [0.29, 0.717) is 10.8 Å². The SMILES string of the molecule is COC(=O)[C@@H](C)Sc1nnc2c(n1)[nH]c1ccccc12. The number of fused-ring (bicyclic) bond motifs is 3. The summed E-state index contributed by atoms with van der Waals surface area (Å²) >= 11 is 1.22. The van der Waals surface area contributed by atoms with Crippen molar-refractivity contribution in [1.29, 1.82) is 0 Å². The largest absolute Gasteiger partial charge is 0.468 e. The molecule has 0 amide bonds. The number of methoxy groups -OCH3 is 1. The fraction of sp³-hybridized carbons (Fsp3) is 0.231. The number of carbonyl (C=O) groups excluding carboxylic acids is 1. The molecule has 0 aliphatic heterocycles.